The van der Waals surface area contributed by atoms with E-state index in [1.807, 2.05) is 32.0 Å². The highest BCUT2D eigenvalue weighted by atomic mass is 16.3. The van der Waals surface area contributed by atoms with Crippen LogP contribution in [0.15, 0.2) is 18.2 Å². The molecule has 1 atom stereocenters. The zero-order chi connectivity index (χ0) is 10.7. The number of likely N-dealkylation sites (N-methyl/N-ethyl adjacent to an activating group) is 1. The first kappa shape index (κ1) is 10.7. The second kappa shape index (κ2) is 4.24. The first-order valence-corrected chi connectivity index (χ1v) is 4.53. The molecule has 76 valence electrons. The number of aliphatic hydroxyl groups is 1. The number of nitrogens with one attached hydrogen (secondary N) is 1. The number of hydrogen-bond acceptors (Lipinski definition) is 2. The quantitative estimate of drug-likeness (QED) is 0.738. The molecule has 2 N–H and O–H groups in total. The standard InChI is InChI=1S/C11H15NO2/c1-7-4-5-8(2)9(6-7)10(13)11(14)12-3/h4-6,10,13H,1-3H3,(H,12,14). The lowest BCUT2D eigenvalue weighted by Gasteiger charge is -2.12. The number of benzene rings is 1. The maximum atomic E-state index is 11.2. The van der Waals surface area contributed by atoms with Gasteiger partial charge in [-0.3, -0.25) is 4.79 Å². The van der Waals surface area contributed by atoms with Crippen LogP contribution >= 0.6 is 0 Å². The number of rotatable bonds is 2. The van der Waals surface area contributed by atoms with E-state index in [1.165, 1.54) is 7.05 Å². The molecule has 3 heteroatoms. The van der Waals surface area contributed by atoms with Crippen molar-refractivity contribution >= 4 is 5.91 Å². The summed E-state index contributed by atoms with van der Waals surface area (Å²) < 4.78 is 0. The van der Waals surface area contributed by atoms with Crippen LogP contribution in [0.4, 0.5) is 0 Å². The minimum absolute atomic E-state index is 0.376. The van der Waals surface area contributed by atoms with E-state index < -0.39 is 6.10 Å². The molecule has 0 fully saturated rings. The fourth-order valence-corrected chi connectivity index (χ4v) is 1.33. The highest BCUT2D eigenvalue weighted by Crippen LogP contribution is 2.18. The third-order valence-corrected chi connectivity index (χ3v) is 2.22. The Kier molecular flexibility index (Phi) is 3.25. The molecule has 1 aromatic carbocycles. The van der Waals surface area contributed by atoms with Crippen molar-refractivity contribution < 1.29 is 9.90 Å². The van der Waals surface area contributed by atoms with Gasteiger partial charge >= 0.3 is 0 Å². The highest BCUT2D eigenvalue weighted by Gasteiger charge is 2.17. The van der Waals surface area contributed by atoms with E-state index in [1.54, 1.807) is 0 Å². The van der Waals surface area contributed by atoms with E-state index in [0.29, 0.717) is 5.56 Å². The number of aryl methyl sites for hydroxylation is 2. The van der Waals surface area contributed by atoms with Crippen LogP contribution < -0.4 is 5.32 Å². The van der Waals surface area contributed by atoms with Crippen molar-refractivity contribution in [2.45, 2.75) is 20.0 Å². The summed E-state index contributed by atoms with van der Waals surface area (Å²) in [7, 11) is 1.51. The topological polar surface area (TPSA) is 49.3 Å². The zero-order valence-corrected chi connectivity index (χ0v) is 8.66. The van der Waals surface area contributed by atoms with Crippen LogP contribution in [0.3, 0.4) is 0 Å². The van der Waals surface area contributed by atoms with Crippen molar-refractivity contribution in [1.82, 2.24) is 5.32 Å². The fraction of sp³-hybridized carbons (Fsp3) is 0.364. The van der Waals surface area contributed by atoms with Crippen LogP contribution in [0.2, 0.25) is 0 Å². The van der Waals surface area contributed by atoms with Gasteiger partial charge in [0.25, 0.3) is 5.91 Å². The van der Waals surface area contributed by atoms with Crippen LogP contribution in [-0.2, 0) is 4.79 Å². The molecule has 3 nitrogen and oxygen atoms in total. The second-order valence-electron chi connectivity index (χ2n) is 3.38. The maximum Gasteiger partial charge on any atom is 0.253 e. The number of carbonyl (C=O) groups is 1. The Hall–Kier alpha value is -1.35. The molecular weight excluding hydrogens is 178 g/mol. The molecule has 0 aromatic heterocycles. The molecule has 0 saturated heterocycles. The summed E-state index contributed by atoms with van der Waals surface area (Å²) in [5.41, 5.74) is 2.63. The van der Waals surface area contributed by atoms with Crippen LogP contribution in [0, 0.1) is 13.8 Å². The minimum atomic E-state index is -1.07. The van der Waals surface area contributed by atoms with Gasteiger partial charge in [-0.25, -0.2) is 0 Å². The van der Waals surface area contributed by atoms with Crippen molar-refractivity contribution in [3.63, 3.8) is 0 Å². The minimum Gasteiger partial charge on any atom is -0.378 e. The summed E-state index contributed by atoms with van der Waals surface area (Å²) in [5, 5.41) is 12.1. The van der Waals surface area contributed by atoms with E-state index in [2.05, 4.69) is 5.32 Å². The third-order valence-electron chi connectivity index (χ3n) is 2.22. The molecule has 0 aliphatic carbocycles. The Bertz CT molecular complexity index is 347. The van der Waals surface area contributed by atoms with Gasteiger partial charge < -0.3 is 10.4 Å². The lowest BCUT2D eigenvalue weighted by Crippen LogP contribution is -2.26. The van der Waals surface area contributed by atoms with Crippen molar-refractivity contribution in [2.24, 2.45) is 0 Å². The van der Waals surface area contributed by atoms with Crippen molar-refractivity contribution in [2.75, 3.05) is 7.05 Å². The summed E-state index contributed by atoms with van der Waals surface area (Å²) >= 11 is 0. The Morgan fingerprint density at radius 2 is 2.07 bits per heavy atom. The normalized spacial score (nSPS) is 12.3. The summed E-state index contributed by atoms with van der Waals surface area (Å²) in [6, 6.07) is 5.68. The van der Waals surface area contributed by atoms with Crippen LogP contribution in [0.5, 0.6) is 0 Å². The molecule has 0 aliphatic heterocycles. The Labute approximate surface area is 83.8 Å². The predicted molar refractivity (Wildman–Crippen MR) is 54.9 cm³/mol. The monoisotopic (exact) mass is 193 g/mol. The van der Waals surface area contributed by atoms with E-state index in [9.17, 15) is 9.90 Å². The number of hydrogen-bond donors (Lipinski definition) is 2. The lowest BCUT2D eigenvalue weighted by atomic mass is 10.0. The molecule has 1 rings (SSSR count). The second-order valence-corrected chi connectivity index (χ2v) is 3.38. The molecule has 1 unspecified atom stereocenters. The molecule has 1 aromatic rings. The van der Waals surface area contributed by atoms with E-state index >= 15 is 0 Å². The van der Waals surface area contributed by atoms with E-state index in [0.717, 1.165) is 11.1 Å². The molecule has 1 amide bonds. The smallest absolute Gasteiger partial charge is 0.253 e. The van der Waals surface area contributed by atoms with Crippen LogP contribution in [0.25, 0.3) is 0 Å². The van der Waals surface area contributed by atoms with Gasteiger partial charge in [-0.2, -0.15) is 0 Å². The molecule has 0 aliphatic rings. The number of amides is 1. The summed E-state index contributed by atoms with van der Waals surface area (Å²) in [4.78, 5) is 11.2. The molecule has 14 heavy (non-hydrogen) atoms. The average molecular weight is 193 g/mol. The highest BCUT2D eigenvalue weighted by molar-refractivity contribution is 5.82. The van der Waals surface area contributed by atoms with Crippen molar-refractivity contribution in [3.8, 4) is 0 Å². The number of carbonyl (C=O) groups excluding carboxylic acids is 1. The van der Waals surface area contributed by atoms with Gasteiger partial charge in [0.2, 0.25) is 0 Å². The average Bonchev–Trinajstić information content (AvgIpc) is 2.19. The molecule has 0 saturated carbocycles. The Morgan fingerprint density at radius 3 is 2.64 bits per heavy atom. The molecule has 0 heterocycles. The zero-order valence-electron chi connectivity index (χ0n) is 8.66. The number of aliphatic hydroxyl groups excluding tert-OH is 1. The van der Waals surface area contributed by atoms with Crippen molar-refractivity contribution in [3.05, 3.63) is 34.9 Å². The SMILES string of the molecule is CNC(=O)C(O)c1cc(C)ccc1C. The maximum absolute atomic E-state index is 11.2. The van der Waals surface area contributed by atoms with Crippen molar-refractivity contribution in [1.29, 1.82) is 0 Å². The van der Waals surface area contributed by atoms with Gasteiger partial charge in [-0.15, -0.1) is 0 Å². The van der Waals surface area contributed by atoms with Crippen LogP contribution in [0.1, 0.15) is 22.8 Å². The predicted octanol–water partition coefficient (Wildman–Crippen LogP) is 1.08. The fourth-order valence-electron chi connectivity index (χ4n) is 1.33. The van der Waals surface area contributed by atoms with Gasteiger partial charge in [0.1, 0.15) is 0 Å². The van der Waals surface area contributed by atoms with Gasteiger partial charge in [0, 0.05) is 7.05 Å². The van der Waals surface area contributed by atoms with Gasteiger partial charge in [-0.1, -0.05) is 23.8 Å². The van der Waals surface area contributed by atoms with Gasteiger partial charge in [-0.05, 0) is 25.0 Å². The molecule has 0 bridgehead atoms. The van der Waals surface area contributed by atoms with Gasteiger partial charge in [0.15, 0.2) is 6.10 Å². The molecule has 0 radical (unpaired) electrons. The largest absolute Gasteiger partial charge is 0.378 e. The van der Waals surface area contributed by atoms with Gasteiger partial charge in [0.05, 0.1) is 0 Å². The Balaban J connectivity index is 3.05. The summed E-state index contributed by atoms with van der Waals surface area (Å²) in [5.74, 6) is -0.376. The first-order valence-electron chi connectivity index (χ1n) is 4.53. The lowest BCUT2D eigenvalue weighted by molar-refractivity contribution is -0.129. The molecule has 0 spiro atoms. The van der Waals surface area contributed by atoms with E-state index in [4.69, 9.17) is 0 Å². The third kappa shape index (κ3) is 2.12. The Morgan fingerprint density at radius 1 is 1.43 bits per heavy atom. The van der Waals surface area contributed by atoms with E-state index in [-0.39, 0.29) is 5.91 Å². The summed E-state index contributed by atoms with van der Waals surface area (Å²) in [6.45, 7) is 3.81. The molecular formula is C11H15NO2. The first-order chi connectivity index (χ1) is 6.56. The summed E-state index contributed by atoms with van der Waals surface area (Å²) in [6.07, 6.45) is -1.07. The van der Waals surface area contributed by atoms with Crippen LogP contribution in [-0.4, -0.2) is 18.1 Å².